The van der Waals surface area contributed by atoms with E-state index in [4.69, 9.17) is 4.52 Å². The first kappa shape index (κ1) is 19.8. The molecule has 1 heterocycles. The Morgan fingerprint density at radius 2 is 1.93 bits per heavy atom. The second-order valence-electron chi connectivity index (χ2n) is 7.24. The molecule has 0 radical (unpaired) electrons. The molecule has 1 amide bonds. The Labute approximate surface area is 166 Å². The van der Waals surface area contributed by atoms with Gasteiger partial charge in [0.1, 0.15) is 6.04 Å². The number of hydrogen-bond donors (Lipinski definition) is 1. The third kappa shape index (κ3) is 5.06. The minimum atomic E-state index is -0.292. The van der Waals surface area contributed by atoms with Gasteiger partial charge >= 0.3 is 0 Å². The Hall–Kier alpha value is -2.95. The summed E-state index contributed by atoms with van der Waals surface area (Å²) in [6.07, 6.45) is 2.03. The fraction of sp³-hybridized carbons (Fsp3) is 0.348. The fourth-order valence-electron chi connectivity index (χ4n) is 3.09. The van der Waals surface area contributed by atoms with Crippen LogP contribution in [0.15, 0.2) is 59.1 Å². The van der Waals surface area contributed by atoms with E-state index in [0.29, 0.717) is 24.6 Å². The van der Waals surface area contributed by atoms with E-state index in [1.165, 1.54) is 0 Å². The topological polar surface area (TPSA) is 68.0 Å². The standard InChI is InChI=1S/C23H27N3O2/c1-4-17(3)21(24-20(27)14-13-18-10-6-5-7-11-18)23-25-22(26-28-23)19-12-8-9-16(2)15-19/h5-12,15,17,21H,4,13-14H2,1-3H3,(H,24,27)/t17-,21+/m0/s1. The minimum absolute atomic E-state index is 0.00976. The lowest BCUT2D eigenvalue weighted by atomic mass is 9.98. The van der Waals surface area contributed by atoms with Gasteiger partial charge in [0.25, 0.3) is 0 Å². The molecule has 2 aromatic carbocycles. The molecule has 0 saturated heterocycles. The number of benzene rings is 2. The smallest absolute Gasteiger partial charge is 0.249 e. The lowest BCUT2D eigenvalue weighted by Crippen LogP contribution is -2.32. The van der Waals surface area contributed by atoms with Crippen molar-refractivity contribution < 1.29 is 9.32 Å². The summed E-state index contributed by atoms with van der Waals surface area (Å²) in [5.41, 5.74) is 3.20. The normalized spacial score (nSPS) is 13.1. The molecule has 3 aromatic rings. The van der Waals surface area contributed by atoms with E-state index in [2.05, 4.69) is 29.3 Å². The second-order valence-corrected chi connectivity index (χ2v) is 7.24. The van der Waals surface area contributed by atoms with Crippen LogP contribution in [-0.4, -0.2) is 16.0 Å². The van der Waals surface area contributed by atoms with Crippen molar-refractivity contribution in [2.75, 3.05) is 0 Å². The molecule has 5 nitrogen and oxygen atoms in total. The van der Waals surface area contributed by atoms with Gasteiger partial charge in [-0.15, -0.1) is 0 Å². The van der Waals surface area contributed by atoms with E-state index in [9.17, 15) is 4.79 Å². The number of aromatic nitrogens is 2. The lowest BCUT2D eigenvalue weighted by Gasteiger charge is -2.20. The zero-order valence-corrected chi connectivity index (χ0v) is 16.7. The summed E-state index contributed by atoms with van der Waals surface area (Å²) in [6.45, 7) is 6.20. The predicted molar refractivity (Wildman–Crippen MR) is 110 cm³/mol. The van der Waals surface area contributed by atoms with Crippen molar-refractivity contribution in [2.24, 2.45) is 5.92 Å². The van der Waals surface area contributed by atoms with E-state index in [-0.39, 0.29) is 17.9 Å². The highest BCUT2D eigenvalue weighted by Crippen LogP contribution is 2.26. The molecule has 0 spiro atoms. The summed E-state index contributed by atoms with van der Waals surface area (Å²) < 4.78 is 5.53. The van der Waals surface area contributed by atoms with Gasteiger partial charge in [-0.05, 0) is 30.9 Å². The van der Waals surface area contributed by atoms with Crippen LogP contribution >= 0.6 is 0 Å². The maximum atomic E-state index is 12.5. The van der Waals surface area contributed by atoms with E-state index >= 15 is 0 Å². The van der Waals surface area contributed by atoms with Crippen molar-refractivity contribution in [3.63, 3.8) is 0 Å². The molecule has 28 heavy (non-hydrogen) atoms. The summed E-state index contributed by atoms with van der Waals surface area (Å²) in [5, 5.41) is 7.22. The zero-order chi connectivity index (χ0) is 19.9. The van der Waals surface area contributed by atoms with Gasteiger partial charge < -0.3 is 9.84 Å². The molecule has 3 rings (SSSR count). The Bertz CT molecular complexity index is 905. The Balaban J connectivity index is 1.71. The van der Waals surface area contributed by atoms with E-state index in [1.54, 1.807) is 0 Å². The SMILES string of the molecule is CC[C@H](C)[C@@H](NC(=O)CCc1ccccc1)c1nc(-c2cccc(C)c2)no1. The molecule has 0 aliphatic rings. The first-order valence-corrected chi connectivity index (χ1v) is 9.80. The number of carbonyl (C=O) groups is 1. The molecule has 146 valence electrons. The number of hydrogen-bond acceptors (Lipinski definition) is 4. The quantitative estimate of drug-likeness (QED) is 0.607. The molecular weight excluding hydrogens is 350 g/mol. The second kappa shape index (κ2) is 9.31. The summed E-state index contributed by atoms with van der Waals surface area (Å²) in [5.74, 6) is 1.18. The molecular formula is C23H27N3O2. The highest BCUT2D eigenvalue weighted by molar-refractivity contribution is 5.76. The molecule has 0 saturated carbocycles. The third-order valence-electron chi connectivity index (χ3n) is 5.00. The average Bonchev–Trinajstić information content (AvgIpc) is 3.20. The van der Waals surface area contributed by atoms with Gasteiger partial charge in [0.05, 0.1) is 0 Å². The third-order valence-corrected chi connectivity index (χ3v) is 5.00. The Morgan fingerprint density at radius 1 is 1.14 bits per heavy atom. The molecule has 0 fully saturated rings. The number of rotatable bonds is 8. The van der Waals surface area contributed by atoms with Crippen LogP contribution in [0.1, 0.15) is 49.7 Å². The van der Waals surface area contributed by atoms with Gasteiger partial charge in [0, 0.05) is 12.0 Å². The van der Waals surface area contributed by atoms with Gasteiger partial charge in [-0.25, -0.2) is 0 Å². The Kier molecular flexibility index (Phi) is 6.58. The molecule has 0 unspecified atom stereocenters. The van der Waals surface area contributed by atoms with Crippen LogP contribution in [0.25, 0.3) is 11.4 Å². The Morgan fingerprint density at radius 3 is 2.64 bits per heavy atom. The van der Waals surface area contributed by atoms with Crippen LogP contribution in [0.3, 0.4) is 0 Å². The number of aryl methyl sites for hydroxylation is 2. The van der Waals surface area contributed by atoms with Gasteiger partial charge in [-0.2, -0.15) is 4.98 Å². The molecule has 1 N–H and O–H groups in total. The number of nitrogens with zero attached hydrogens (tertiary/aromatic N) is 2. The molecule has 0 aliphatic heterocycles. The summed E-state index contributed by atoms with van der Waals surface area (Å²) in [7, 11) is 0. The summed E-state index contributed by atoms with van der Waals surface area (Å²) in [6, 6.07) is 17.7. The van der Waals surface area contributed by atoms with Crippen LogP contribution in [0.2, 0.25) is 0 Å². The lowest BCUT2D eigenvalue weighted by molar-refractivity contribution is -0.122. The van der Waals surface area contributed by atoms with Gasteiger partial charge in [0.2, 0.25) is 17.6 Å². The van der Waals surface area contributed by atoms with E-state index in [0.717, 1.165) is 23.1 Å². The van der Waals surface area contributed by atoms with Crippen LogP contribution in [0, 0.1) is 12.8 Å². The maximum absolute atomic E-state index is 12.5. The molecule has 5 heteroatoms. The average molecular weight is 377 g/mol. The van der Waals surface area contributed by atoms with Crippen molar-refractivity contribution in [3.05, 3.63) is 71.6 Å². The largest absolute Gasteiger partial charge is 0.344 e. The van der Waals surface area contributed by atoms with Gasteiger partial charge in [-0.3, -0.25) is 4.79 Å². The maximum Gasteiger partial charge on any atom is 0.249 e. The predicted octanol–water partition coefficient (Wildman–Crippen LogP) is 4.88. The van der Waals surface area contributed by atoms with Crippen LogP contribution in [0.4, 0.5) is 0 Å². The fourth-order valence-corrected chi connectivity index (χ4v) is 3.09. The number of amides is 1. The zero-order valence-electron chi connectivity index (χ0n) is 16.7. The summed E-state index contributed by atoms with van der Waals surface area (Å²) in [4.78, 5) is 17.1. The van der Waals surface area contributed by atoms with Crippen molar-refractivity contribution in [1.29, 1.82) is 0 Å². The number of nitrogens with one attached hydrogen (secondary N) is 1. The van der Waals surface area contributed by atoms with Crippen LogP contribution < -0.4 is 5.32 Å². The first-order valence-electron chi connectivity index (χ1n) is 9.80. The van der Waals surface area contributed by atoms with Crippen LogP contribution in [0.5, 0.6) is 0 Å². The van der Waals surface area contributed by atoms with Crippen molar-refractivity contribution in [3.8, 4) is 11.4 Å². The van der Waals surface area contributed by atoms with E-state index in [1.807, 2.05) is 61.5 Å². The highest BCUT2D eigenvalue weighted by atomic mass is 16.5. The molecule has 0 aliphatic carbocycles. The minimum Gasteiger partial charge on any atom is -0.344 e. The number of carbonyl (C=O) groups excluding carboxylic acids is 1. The first-order chi connectivity index (χ1) is 13.6. The van der Waals surface area contributed by atoms with Crippen molar-refractivity contribution in [2.45, 2.75) is 46.1 Å². The highest BCUT2D eigenvalue weighted by Gasteiger charge is 2.26. The van der Waals surface area contributed by atoms with Gasteiger partial charge in [0.15, 0.2) is 0 Å². The van der Waals surface area contributed by atoms with E-state index < -0.39 is 0 Å². The molecule has 2 atom stereocenters. The van der Waals surface area contributed by atoms with Gasteiger partial charge in [-0.1, -0.05) is 79.5 Å². The monoisotopic (exact) mass is 377 g/mol. The summed E-state index contributed by atoms with van der Waals surface area (Å²) >= 11 is 0. The van der Waals surface area contributed by atoms with Crippen molar-refractivity contribution in [1.82, 2.24) is 15.5 Å². The van der Waals surface area contributed by atoms with Crippen molar-refractivity contribution >= 4 is 5.91 Å². The molecule has 0 bridgehead atoms. The molecule has 1 aromatic heterocycles. The van der Waals surface area contributed by atoms with Crippen LogP contribution in [-0.2, 0) is 11.2 Å².